The maximum Gasteiger partial charge on any atom is 1.00 e. The molecule has 0 spiro atoms. The summed E-state index contributed by atoms with van der Waals surface area (Å²) in [5.41, 5.74) is 0. The van der Waals surface area contributed by atoms with Gasteiger partial charge in [-0.05, 0) is 6.42 Å². The minimum Gasteiger partial charge on any atom is -1.00 e. The number of rotatable bonds is 0. The molecule has 1 saturated heterocycles. The van der Waals surface area contributed by atoms with Crippen LogP contribution in [0.2, 0.25) is 0 Å². The predicted molar refractivity (Wildman–Crippen MR) is 33.2 cm³/mol. The van der Waals surface area contributed by atoms with Gasteiger partial charge in [0.2, 0.25) is 5.91 Å². The first kappa shape index (κ1) is 18.9. The molecule has 0 aromatic carbocycles. The molecule has 0 saturated carbocycles. The second-order valence-corrected chi connectivity index (χ2v) is 1.56. The van der Waals surface area contributed by atoms with Gasteiger partial charge >= 0.3 is 103 Å². The van der Waals surface area contributed by atoms with Crippen LogP contribution < -0.4 is 108 Å². The fraction of sp³-hybridized carbons (Fsp3) is 0.600. The topological polar surface area (TPSA) is 66.4 Å². The molecule has 0 aromatic rings. The Morgan fingerprint density at radius 1 is 1.55 bits per heavy atom. The first-order chi connectivity index (χ1) is 4.31. The van der Waals surface area contributed by atoms with Crippen molar-refractivity contribution < 1.29 is 120 Å². The van der Waals surface area contributed by atoms with E-state index < -0.39 is 0 Å². The van der Waals surface area contributed by atoms with Crippen molar-refractivity contribution in [2.45, 2.75) is 12.8 Å². The average molecular weight is 211 g/mol. The summed E-state index contributed by atoms with van der Waals surface area (Å²) in [6.45, 7) is 0.638. The molecule has 0 bridgehead atoms. The van der Waals surface area contributed by atoms with Crippen molar-refractivity contribution >= 4 is 12.4 Å². The van der Waals surface area contributed by atoms with Crippen LogP contribution in [-0.2, 0) is 9.59 Å². The molecule has 1 aliphatic heterocycles. The number of carbonyl (C=O) groups excluding carboxylic acids is 1. The van der Waals surface area contributed by atoms with Gasteiger partial charge < -0.3 is 13.3 Å². The van der Waals surface area contributed by atoms with Crippen LogP contribution in [0.5, 0.6) is 0 Å². The Labute approximate surface area is 154 Å². The zero-order valence-electron chi connectivity index (χ0n) is 8.96. The Bertz CT molecular complexity index is 110. The number of carbonyl (C=O) groups is 2. The molecular weight excluding hydrogens is 200 g/mol. The van der Waals surface area contributed by atoms with Gasteiger partial charge in [-0.25, -0.2) is 0 Å². The van der Waals surface area contributed by atoms with E-state index in [4.69, 9.17) is 9.90 Å². The molecule has 0 radical (unpaired) electrons. The Kier molecular flexibility index (Phi) is 25.3. The van der Waals surface area contributed by atoms with E-state index >= 15 is 0 Å². The van der Waals surface area contributed by atoms with Crippen molar-refractivity contribution in [3.63, 3.8) is 0 Å². The van der Waals surface area contributed by atoms with Crippen LogP contribution in [0.4, 0.5) is 0 Å². The van der Waals surface area contributed by atoms with E-state index in [1.54, 1.807) is 0 Å². The SMILES string of the molecule is O=C1CCCN1.O=CO.[H-].[H-].[K+].[K+]. The van der Waals surface area contributed by atoms with Gasteiger partial charge in [-0.2, -0.15) is 0 Å². The molecule has 56 valence electrons. The molecule has 1 rings (SSSR count). The zero-order valence-corrected chi connectivity index (χ0v) is 13.2. The third-order valence-corrected chi connectivity index (χ3v) is 0.903. The smallest absolute Gasteiger partial charge is 1.00 e. The van der Waals surface area contributed by atoms with Crippen LogP contribution in [0.3, 0.4) is 0 Å². The minimum atomic E-state index is -0.250. The van der Waals surface area contributed by atoms with Crippen LogP contribution >= 0.6 is 0 Å². The number of nitrogens with one attached hydrogen (secondary N) is 1. The van der Waals surface area contributed by atoms with Gasteiger partial charge in [-0.3, -0.25) is 9.59 Å². The first-order valence-electron chi connectivity index (χ1n) is 2.66. The summed E-state index contributed by atoms with van der Waals surface area (Å²) in [6.07, 6.45) is 1.76. The molecule has 0 aliphatic carbocycles. The van der Waals surface area contributed by atoms with Crippen molar-refractivity contribution in [1.82, 2.24) is 5.32 Å². The fourth-order valence-corrected chi connectivity index (χ4v) is 0.565. The second-order valence-electron chi connectivity index (χ2n) is 1.56. The molecule has 1 fully saturated rings. The van der Waals surface area contributed by atoms with Gasteiger partial charge in [-0.15, -0.1) is 0 Å². The molecule has 1 aliphatic rings. The van der Waals surface area contributed by atoms with Gasteiger partial charge in [0.05, 0.1) is 0 Å². The van der Waals surface area contributed by atoms with E-state index in [2.05, 4.69) is 5.32 Å². The molecule has 0 unspecified atom stereocenters. The zero-order chi connectivity index (χ0) is 7.11. The normalized spacial score (nSPS) is 12.5. The predicted octanol–water partition coefficient (Wildman–Crippen LogP) is -6.17. The van der Waals surface area contributed by atoms with Gasteiger partial charge in [0.1, 0.15) is 0 Å². The van der Waals surface area contributed by atoms with Gasteiger partial charge in [0.15, 0.2) is 0 Å². The molecule has 4 nitrogen and oxygen atoms in total. The largest absolute Gasteiger partial charge is 1.00 e. The summed E-state index contributed by atoms with van der Waals surface area (Å²) in [7, 11) is 0. The Morgan fingerprint density at radius 3 is 2.09 bits per heavy atom. The maximum atomic E-state index is 10.1. The van der Waals surface area contributed by atoms with E-state index in [1.807, 2.05) is 0 Å². The maximum absolute atomic E-state index is 10.1. The fourth-order valence-electron chi connectivity index (χ4n) is 0.565. The van der Waals surface area contributed by atoms with E-state index in [-0.39, 0.29) is 118 Å². The van der Waals surface area contributed by atoms with Gasteiger partial charge in [0, 0.05) is 13.0 Å². The Balaban J connectivity index is -0.0000000282. The van der Waals surface area contributed by atoms with Crippen molar-refractivity contribution in [1.29, 1.82) is 0 Å². The molecule has 11 heavy (non-hydrogen) atoms. The Morgan fingerprint density at radius 2 is 2.00 bits per heavy atom. The standard InChI is InChI=1S/C4H7NO.CH2O2.2K.2H/c6-4-2-1-3-5-4;2-1-3;;;;/h1-3H2,(H,5,6);1H,(H,2,3);;;;/q;;2*+1;2*-1. The van der Waals surface area contributed by atoms with E-state index in [1.165, 1.54) is 0 Å². The van der Waals surface area contributed by atoms with Crippen molar-refractivity contribution in [2.75, 3.05) is 6.54 Å². The third kappa shape index (κ3) is 15.0. The van der Waals surface area contributed by atoms with Gasteiger partial charge in [-0.1, -0.05) is 0 Å². The van der Waals surface area contributed by atoms with Crippen LogP contribution in [-0.4, -0.2) is 24.0 Å². The van der Waals surface area contributed by atoms with Crippen molar-refractivity contribution in [3.05, 3.63) is 0 Å². The van der Waals surface area contributed by atoms with Crippen LogP contribution in [0.15, 0.2) is 0 Å². The van der Waals surface area contributed by atoms with E-state index in [0.29, 0.717) is 0 Å². The summed E-state index contributed by atoms with van der Waals surface area (Å²) in [6, 6.07) is 0. The molecule has 0 atom stereocenters. The van der Waals surface area contributed by atoms with E-state index in [9.17, 15) is 4.79 Å². The molecular formula is C5H11K2NO3. The molecule has 1 heterocycles. The molecule has 0 aromatic heterocycles. The summed E-state index contributed by atoms with van der Waals surface area (Å²) < 4.78 is 0. The summed E-state index contributed by atoms with van der Waals surface area (Å²) in [5, 5.41) is 9.57. The van der Waals surface area contributed by atoms with E-state index in [0.717, 1.165) is 19.4 Å². The van der Waals surface area contributed by atoms with Crippen LogP contribution in [0.1, 0.15) is 15.7 Å². The molecule has 2 N–H and O–H groups in total. The summed E-state index contributed by atoms with van der Waals surface area (Å²) >= 11 is 0. The quantitative estimate of drug-likeness (QED) is 0.309. The summed E-state index contributed by atoms with van der Waals surface area (Å²) in [5.74, 6) is 0.204. The average Bonchev–Trinajstić information content (AvgIpc) is 2.20. The minimum absolute atomic E-state index is 0. The van der Waals surface area contributed by atoms with Gasteiger partial charge in [0.25, 0.3) is 6.47 Å². The first-order valence-corrected chi connectivity index (χ1v) is 2.66. The van der Waals surface area contributed by atoms with Crippen LogP contribution in [0, 0.1) is 0 Å². The van der Waals surface area contributed by atoms with Crippen LogP contribution in [0.25, 0.3) is 0 Å². The number of hydrogen-bond donors (Lipinski definition) is 2. The molecule has 6 heteroatoms. The second kappa shape index (κ2) is 14.7. The third-order valence-electron chi connectivity index (χ3n) is 0.903. The number of carboxylic acid groups (broad SMARTS) is 1. The number of hydrogen-bond acceptors (Lipinski definition) is 2. The van der Waals surface area contributed by atoms with Crippen molar-refractivity contribution in [3.8, 4) is 0 Å². The molecule has 1 amide bonds. The number of amides is 1. The summed E-state index contributed by atoms with van der Waals surface area (Å²) in [4.78, 5) is 18.5. The van der Waals surface area contributed by atoms with Crippen molar-refractivity contribution in [2.24, 2.45) is 0 Å². The monoisotopic (exact) mass is 211 g/mol. The Hall–Kier alpha value is 2.21.